The molecule has 0 radical (unpaired) electrons. The van der Waals surface area contributed by atoms with Crippen molar-refractivity contribution in [3.8, 4) is 5.75 Å². The largest absolute Gasteiger partial charge is 0.484 e. The number of nitrogens with two attached hydrogens (primary N) is 1. The number of aryl methyl sites for hydroxylation is 1. The molecule has 2 heterocycles. The molecular formula is C14H14BrNOS. The highest BCUT2D eigenvalue weighted by Crippen LogP contribution is 2.42. The number of benzene rings is 1. The van der Waals surface area contributed by atoms with Crippen molar-refractivity contribution >= 4 is 27.3 Å². The van der Waals surface area contributed by atoms with Crippen molar-refractivity contribution in [2.45, 2.75) is 25.5 Å². The molecule has 4 heteroatoms. The Bertz CT molecular complexity index is 581. The topological polar surface area (TPSA) is 35.2 Å². The van der Waals surface area contributed by atoms with Gasteiger partial charge in [-0.1, -0.05) is 15.9 Å². The van der Waals surface area contributed by atoms with Gasteiger partial charge in [-0.05, 0) is 42.1 Å². The first kappa shape index (κ1) is 12.2. The van der Waals surface area contributed by atoms with Crippen LogP contribution in [0, 0.1) is 6.92 Å². The summed E-state index contributed by atoms with van der Waals surface area (Å²) >= 11 is 5.22. The van der Waals surface area contributed by atoms with Crippen LogP contribution >= 0.6 is 27.3 Å². The van der Waals surface area contributed by atoms with Gasteiger partial charge in [-0.15, -0.1) is 11.3 Å². The molecule has 1 unspecified atom stereocenters. The smallest absolute Gasteiger partial charge is 0.135 e. The molecule has 2 aromatic rings. The Kier molecular flexibility index (Phi) is 3.18. The number of ether oxygens (including phenoxy) is 1. The highest BCUT2D eigenvalue weighted by atomic mass is 79.9. The molecule has 1 aromatic carbocycles. The van der Waals surface area contributed by atoms with E-state index in [4.69, 9.17) is 10.5 Å². The lowest BCUT2D eigenvalue weighted by atomic mass is 9.96. The summed E-state index contributed by atoms with van der Waals surface area (Å²) < 4.78 is 7.14. The van der Waals surface area contributed by atoms with Crippen LogP contribution in [-0.2, 0) is 0 Å². The molecule has 1 aromatic heterocycles. The first-order chi connectivity index (χ1) is 8.65. The molecule has 1 aliphatic rings. The third kappa shape index (κ3) is 2.09. The Morgan fingerprint density at radius 2 is 2.22 bits per heavy atom. The molecule has 18 heavy (non-hydrogen) atoms. The molecule has 0 amide bonds. The van der Waals surface area contributed by atoms with Crippen LogP contribution in [-0.4, -0.2) is 0 Å². The zero-order chi connectivity index (χ0) is 12.7. The summed E-state index contributed by atoms with van der Waals surface area (Å²) in [7, 11) is 0. The zero-order valence-electron chi connectivity index (χ0n) is 10.0. The fraction of sp³-hybridized carbons (Fsp3) is 0.286. The van der Waals surface area contributed by atoms with Crippen LogP contribution in [0.2, 0.25) is 0 Å². The lowest BCUT2D eigenvalue weighted by molar-refractivity contribution is 0.164. The lowest BCUT2D eigenvalue weighted by Crippen LogP contribution is -2.23. The maximum Gasteiger partial charge on any atom is 0.135 e. The van der Waals surface area contributed by atoms with Crippen molar-refractivity contribution in [1.82, 2.24) is 0 Å². The number of halogens is 1. The minimum Gasteiger partial charge on any atom is -0.484 e. The van der Waals surface area contributed by atoms with Gasteiger partial charge in [0.25, 0.3) is 0 Å². The van der Waals surface area contributed by atoms with Crippen molar-refractivity contribution in [1.29, 1.82) is 0 Å². The fourth-order valence-electron chi connectivity index (χ4n) is 2.35. The predicted molar refractivity (Wildman–Crippen MR) is 78.1 cm³/mol. The van der Waals surface area contributed by atoms with Gasteiger partial charge in [0.15, 0.2) is 0 Å². The standard InChI is InChI=1S/C14H14BrNOS/c1-8-4-5-18-14(8)13-7-11(16)10-6-9(15)2-3-12(10)17-13/h2-6,11,13H,7,16H2,1H3/t11-,13?/m0/s1. The summed E-state index contributed by atoms with van der Waals surface area (Å²) in [6.45, 7) is 2.12. The van der Waals surface area contributed by atoms with E-state index >= 15 is 0 Å². The van der Waals surface area contributed by atoms with Crippen molar-refractivity contribution in [3.05, 3.63) is 50.1 Å². The second kappa shape index (κ2) is 4.68. The fourth-order valence-corrected chi connectivity index (χ4v) is 3.70. The van der Waals surface area contributed by atoms with E-state index in [0.29, 0.717) is 0 Å². The van der Waals surface area contributed by atoms with Gasteiger partial charge in [0.2, 0.25) is 0 Å². The molecule has 0 aliphatic carbocycles. The molecule has 0 spiro atoms. The average Bonchev–Trinajstić information content (AvgIpc) is 2.76. The molecule has 2 nitrogen and oxygen atoms in total. The van der Waals surface area contributed by atoms with Crippen LogP contribution in [0.1, 0.15) is 34.6 Å². The molecule has 0 saturated heterocycles. The number of hydrogen-bond donors (Lipinski definition) is 1. The summed E-state index contributed by atoms with van der Waals surface area (Å²) in [5.41, 5.74) is 8.65. The Hall–Kier alpha value is -0.840. The van der Waals surface area contributed by atoms with Gasteiger partial charge < -0.3 is 10.5 Å². The summed E-state index contributed by atoms with van der Waals surface area (Å²) in [5.74, 6) is 0.912. The summed E-state index contributed by atoms with van der Waals surface area (Å²) in [5, 5.41) is 2.11. The summed E-state index contributed by atoms with van der Waals surface area (Å²) in [4.78, 5) is 1.29. The minimum absolute atomic E-state index is 0.0396. The Balaban J connectivity index is 1.97. The Labute approximate surface area is 119 Å². The van der Waals surface area contributed by atoms with E-state index in [-0.39, 0.29) is 12.1 Å². The van der Waals surface area contributed by atoms with E-state index < -0.39 is 0 Å². The molecule has 0 bridgehead atoms. The normalized spacial score (nSPS) is 22.4. The Morgan fingerprint density at radius 1 is 1.39 bits per heavy atom. The van der Waals surface area contributed by atoms with Gasteiger partial charge in [-0.3, -0.25) is 0 Å². The van der Waals surface area contributed by atoms with E-state index in [1.807, 2.05) is 12.1 Å². The molecular weight excluding hydrogens is 310 g/mol. The second-order valence-electron chi connectivity index (χ2n) is 4.60. The highest BCUT2D eigenvalue weighted by Gasteiger charge is 2.28. The first-order valence-electron chi connectivity index (χ1n) is 5.91. The second-order valence-corrected chi connectivity index (χ2v) is 6.46. The van der Waals surface area contributed by atoms with Crippen LogP contribution < -0.4 is 10.5 Å². The number of hydrogen-bond acceptors (Lipinski definition) is 3. The zero-order valence-corrected chi connectivity index (χ0v) is 12.4. The van der Waals surface area contributed by atoms with Gasteiger partial charge in [-0.2, -0.15) is 0 Å². The van der Waals surface area contributed by atoms with Crippen LogP contribution in [0.3, 0.4) is 0 Å². The molecule has 94 valence electrons. The third-order valence-corrected chi connectivity index (χ3v) is 4.91. The van der Waals surface area contributed by atoms with E-state index in [0.717, 1.165) is 22.2 Å². The van der Waals surface area contributed by atoms with Crippen LogP contribution in [0.5, 0.6) is 5.75 Å². The van der Waals surface area contributed by atoms with Crippen LogP contribution in [0.4, 0.5) is 0 Å². The van der Waals surface area contributed by atoms with E-state index in [1.165, 1.54) is 10.4 Å². The maximum atomic E-state index is 6.27. The summed E-state index contributed by atoms with van der Waals surface area (Å²) in [6, 6.07) is 8.21. The molecule has 0 saturated carbocycles. The molecule has 3 rings (SSSR count). The van der Waals surface area contributed by atoms with Crippen LogP contribution in [0.15, 0.2) is 34.1 Å². The van der Waals surface area contributed by atoms with E-state index in [2.05, 4.69) is 40.4 Å². The number of thiophene rings is 1. The quantitative estimate of drug-likeness (QED) is 0.847. The molecule has 1 aliphatic heterocycles. The van der Waals surface area contributed by atoms with Crippen molar-refractivity contribution < 1.29 is 4.74 Å². The number of fused-ring (bicyclic) bond motifs is 1. The van der Waals surface area contributed by atoms with E-state index in [9.17, 15) is 0 Å². The van der Waals surface area contributed by atoms with Gasteiger partial charge in [0, 0.05) is 27.4 Å². The SMILES string of the molecule is Cc1ccsc1C1C[C@H](N)c2cc(Br)ccc2O1. The minimum atomic E-state index is 0.0396. The lowest BCUT2D eigenvalue weighted by Gasteiger charge is -2.30. The molecule has 0 fully saturated rings. The number of rotatable bonds is 1. The average molecular weight is 324 g/mol. The van der Waals surface area contributed by atoms with Crippen molar-refractivity contribution in [2.24, 2.45) is 5.73 Å². The first-order valence-corrected chi connectivity index (χ1v) is 7.58. The van der Waals surface area contributed by atoms with Crippen LogP contribution in [0.25, 0.3) is 0 Å². The maximum absolute atomic E-state index is 6.27. The highest BCUT2D eigenvalue weighted by molar-refractivity contribution is 9.10. The predicted octanol–water partition coefficient (Wildman–Crippen LogP) is 4.34. The third-order valence-electron chi connectivity index (χ3n) is 3.30. The summed E-state index contributed by atoms with van der Waals surface area (Å²) in [6.07, 6.45) is 0.929. The van der Waals surface area contributed by atoms with Gasteiger partial charge in [0.1, 0.15) is 11.9 Å². The van der Waals surface area contributed by atoms with Gasteiger partial charge >= 0.3 is 0 Å². The molecule has 2 atom stereocenters. The van der Waals surface area contributed by atoms with Crippen molar-refractivity contribution in [2.75, 3.05) is 0 Å². The van der Waals surface area contributed by atoms with Gasteiger partial charge in [-0.25, -0.2) is 0 Å². The monoisotopic (exact) mass is 323 g/mol. The Morgan fingerprint density at radius 3 is 2.94 bits per heavy atom. The van der Waals surface area contributed by atoms with Gasteiger partial charge in [0.05, 0.1) is 0 Å². The van der Waals surface area contributed by atoms with Crippen molar-refractivity contribution in [3.63, 3.8) is 0 Å². The molecule has 2 N–H and O–H groups in total. The van der Waals surface area contributed by atoms with E-state index in [1.54, 1.807) is 11.3 Å².